The zero-order valence-electron chi connectivity index (χ0n) is 17.0. The molecule has 0 aromatic carbocycles. The van der Waals surface area contributed by atoms with Gasteiger partial charge in [-0.2, -0.15) is 33.7 Å². The highest BCUT2D eigenvalue weighted by molar-refractivity contribution is 6.32. The van der Waals surface area contributed by atoms with Gasteiger partial charge in [0.1, 0.15) is 17.5 Å². The number of nitriles is 1. The molecule has 0 fully saturated rings. The van der Waals surface area contributed by atoms with Gasteiger partial charge in [-0.1, -0.05) is 11.6 Å². The van der Waals surface area contributed by atoms with Crippen molar-refractivity contribution in [2.45, 2.75) is 13.1 Å². The third-order valence-electron chi connectivity index (χ3n) is 4.53. The molecule has 3 N–H and O–H groups in total. The smallest absolute Gasteiger partial charge is 0.382 e. The summed E-state index contributed by atoms with van der Waals surface area (Å²) < 4.78 is 42.2. The Hall–Kier alpha value is -4.51. The van der Waals surface area contributed by atoms with E-state index in [-0.39, 0.29) is 39.4 Å². The fourth-order valence-corrected chi connectivity index (χ4v) is 3.10. The van der Waals surface area contributed by atoms with Gasteiger partial charge in [0.15, 0.2) is 17.3 Å². The molecular formula is C19H12ClF3N10O. The molecule has 4 heterocycles. The van der Waals surface area contributed by atoms with Gasteiger partial charge in [0, 0.05) is 0 Å². The Morgan fingerprint density at radius 1 is 1.21 bits per heavy atom. The lowest BCUT2D eigenvalue weighted by Gasteiger charge is -2.14. The number of nitrogen functional groups attached to an aromatic ring is 1. The summed E-state index contributed by atoms with van der Waals surface area (Å²) in [6.07, 6.45) is -1.46. The van der Waals surface area contributed by atoms with E-state index in [0.29, 0.717) is 4.68 Å². The van der Waals surface area contributed by atoms with E-state index in [1.54, 1.807) is 0 Å². The maximum Gasteiger partial charge on any atom is 0.434 e. The van der Waals surface area contributed by atoms with E-state index in [1.165, 1.54) is 37.5 Å². The van der Waals surface area contributed by atoms with Crippen LogP contribution in [0.3, 0.4) is 0 Å². The highest BCUT2D eigenvalue weighted by Gasteiger charge is 2.41. The summed E-state index contributed by atoms with van der Waals surface area (Å²) in [6.45, 7) is 1.50. The third kappa shape index (κ3) is 4.11. The molecular weight excluding hydrogens is 477 g/mol. The highest BCUT2D eigenvalue weighted by Crippen LogP contribution is 2.34. The van der Waals surface area contributed by atoms with Crippen molar-refractivity contribution in [3.05, 3.63) is 64.3 Å². The number of pyridine rings is 2. The molecule has 0 unspecified atom stereocenters. The van der Waals surface area contributed by atoms with Crippen molar-refractivity contribution >= 4 is 29.0 Å². The molecule has 4 aromatic rings. The molecule has 34 heavy (non-hydrogen) atoms. The fraction of sp³-hybridized carbons (Fsp3) is 0.105. The van der Waals surface area contributed by atoms with E-state index in [1.807, 2.05) is 6.07 Å². The number of nitrogens with two attached hydrogens (primary N) is 1. The average Bonchev–Trinajstić information content (AvgIpc) is 3.46. The van der Waals surface area contributed by atoms with Gasteiger partial charge in [-0.25, -0.2) is 14.6 Å². The summed E-state index contributed by atoms with van der Waals surface area (Å²) in [4.78, 5) is 21.9. The predicted octanol–water partition coefficient (Wildman–Crippen LogP) is 2.93. The lowest BCUT2D eigenvalue weighted by atomic mass is 10.2. The van der Waals surface area contributed by atoms with Gasteiger partial charge < -0.3 is 11.1 Å². The Morgan fingerprint density at radius 2 is 1.91 bits per heavy atom. The first-order valence-corrected chi connectivity index (χ1v) is 9.65. The molecule has 11 nitrogen and oxygen atoms in total. The standard InChI is InChI=1S/C19H12ClF3N10O/c1-9-13(6-10(7-24)17(29-9)33-26-4-5-27-33)30-18(34)11-8-28-32(15(11)19(21,22)23)14-3-2-12(20)16(25)31-14/h2-6,8H,1H3,(H2,25,31)(H,30,34). The molecule has 0 aliphatic rings. The van der Waals surface area contributed by atoms with Crippen LogP contribution in [0.2, 0.25) is 5.02 Å². The molecule has 0 aliphatic heterocycles. The Bertz CT molecular complexity index is 1440. The van der Waals surface area contributed by atoms with Crippen LogP contribution in [0.25, 0.3) is 11.6 Å². The molecule has 0 saturated heterocycles. The summed E-state index contributed by atoms with van der Waals surface area (Å²) >= 11 is 5.79. The van der Waals surface area contributed by atoms with Crippen LogP contribution in [0, 0.1) is 18.3 Å². The largest absolute Gasteiger partial charge is 0.434 e. The maximum atomic E-state index is 13.9. The second-order valence-corrected chi connectivity index (χ2v) is 7.14. The van der Waals surface area contributed by atoms with E-state index in [9.17, 15) is 23.2 Å². The first kappa shape index (κ1) is 22.7. The van der Waals surface area contributed by atoms with Crippen LogP contribution in [0.1, 0.15) is 27.3 Å². The van der Waals surface area contributed by atoms with Crippen molar-refractivity contribution in [2.24, 2.45) is 0 Å². The Morgan fingerprint density at radius 3 is 2.53 bits per heavy atom. The molecule has 4 aromatic heterocycles. The lowest BCUT2D eigenvalue weighted by molar-refractivity contribution is -0.143. The Labute approximate surface area is 193 Å². The van der Waals surface area contributed by atoms with Crippen molar-refractivity contribution in [3.8, 4) is 17.7 Å². The fourth-order valence-electron chi connectivity index (χ4n) is 2.99. The van der Waals surface area contributed by atoms with Gasteiger partial charge in [0.2, 0.25) is 0 Å². The van der Waals surface area contributed by atoms with Gasteiger partial charge >= 0.3 is 6.18 Å². The molecule has 4 rings (SSSR count). The normalized spacial score (nSPS) is 11.3. The number of anilines is 2. The quantitative estimate of drug-likeness (QED) is 0.444. The minimum Gasteiger partial charge on any atom is -0.382 e. The van der Waals surface area contributed by atoms with Crippen molar-refractivity contribution in [2.75, 3.05) is 11.1 Å². The van der Waals surface area contributed by atoms with Crippen LogP contribution in [0.4, 0.5) is 24.7 Å². The number of halogens is 4. The SMILES string of the molecule is Cc1nc(-n2nccn2)c(C#N)cc1NC(=O)c1cnn(-c2ccc(Cl)c(N)n2)c1C(F)(F)F. The number of carbonyl (C=O) groups excluding carboxylic acids is 1. The third-order valence-corrected chi connectivity index (χ3v) is 4.85. The summed E-state index contributed by atoms with van der Waals surface area (Å²) in [7, 11) is 0. The molecule has 0 atom stereocenters. The monoisotopic (exact) mass is 488 g/mol. The second kappa shape index (κ2) is 8.45. The number of hydrogen-bond acceptors (Lipinski definition) is 8. The molecule has 0 saturated carbocycles. The van der Waals surface area contributed by atoms with Crippen LogP contribution < -0.4 is 11.1 Å². The van der Waals surface area contributed by atoms with Crippen molar-refractivity contribution < 1.29 is 18.0 Å². The van der Waals surface area contributed by atoms with Crippen LogP contribution >= 0.6 is 11.6 Å². The molecule has 0 bridgehead atoms. The van der Waals surface area contributed by atoms with Gasteiger partial charge in [-0.15, -0.1) is 4.80 Å². The molecule has 0 aliphatic carbocycles. The van der Waals surface area contributed by atoms with Crippen molar-refractivity contribution in [1.29, 1.82) is 5.26 Å². The predicted molar refractivity (Wildman–Crippen MR) is 112 cm³/mol. The van der Waals surface area contributed by atoms with E-state index >= 15 is 0 Å². The van der Waals surface area contributed by atoms with Crippen LogP contribution in [-0.2, 0) is 6.18 Å². The van der Waals surface area contributed by atoms with Gasteiger partial charge in [0.05, 0.1) is 40.6 Å². The summed E-state index contributed by atoms with van der Waals surface area (Å²) in [5.74, 6) is -1.52. The number of amides is 1. The number of alkyl halides is 3. The first-order chi connectivity index (χ1) is 16.1. The molecule has 0 spiro atoms. The Kier molecular flexibility index (Phi) is 5.63. The van der Waals surface area contributed by atoms with Gasteiger partial charge in [0.25, 0.3) is 5.91 Å². The van der Waals surface area contributed by atoms with Gasteiger partial charge in [-0.3, -0.25) is 4.79 Å². The van der Waals surface area contributed by atoms with Crippen LogP contribution in [0.5, 0.6) is 0 Å². The zero-order chi connectivity index (χ0) is 24.6. The number of nitrogens with zero attached hydrogens (tertiary/aromatic N) is 8. The molecule has 1 amide bonds. The summed E-state index contributed by atoms with van der Waals surface area (Å²) in [5.41, 5.74) is 3.66. The maximum absolute atomic E-state index is 13.9. The van der Waals surface area contributed by atoms with E-state index < -0.39 is 23.3 Å². The highest BCUT2D eigenvalue weighted by atomic mass is 35.5. The van der Waals surface area contributed by atoms with E-state index in [4.69, 9.17) is 17.3 Å². The second-order valence-electron chi connectivity index (χ2n) is 6.73. The number of hydrogen-bond donors (Lipinski definition) is 2. The average molecular weight is 489 g/mol. The topological polar surface area (TPSA) is 153 Å². The van der Waals surface area contributed by atoms with E-state index in [2.05, 4.69) is 30.6 Å². The number of aryl methyl sites for hydroxylation is 1. The number of nitrogens with one attached hydrogen (secondary N) is 1. The van der Waals surface area contributed by atoms with Gasteiger partial charge in [-0.05, 0) is 25.1 Å². The molecule has 15 heteroatoms. The summed E-state index contributed by atoms with van der Waals surface area (Å²) in [5, 5.41) is 23.3. The number of carbonyl (C=O) groups is 1. The van der Waals surface area contributed by atoms with E-state index in [0.717, 1.165) is 11.0 Å². The minimum absolute atomic E-state index is 0.00956. The number of aromatic nitrogens is 7. The summed E-state index contributed by atoms with van der Waals surface area (Å²) in [6, 6.07) is 5.59. The minimum atomic E-state index is -4.97. The first-order valence-electron chi connectivity index (χ1n) is 9.27. The van der Waals surface area contributed by atoms with Crippen LogP contribution in [-0.4, -0.2) is 40.6 Å². The zero-order valence-corrected chi connectivity index (χ0v) is 17.8. The van der Waals surface area contributed by atoms with Crippen LogP contribution in [0.15, 0.2) is 36.8 Å². The number of rotatable bonds is 4. The Balaban J connectivity index is 1.74. The molecule has 172 valence electrons. The van der Waals surface area contributed by atoms with Crippen molar-refractivity contribution in [3.63, 3.8) is 0 Å². The lowest BCUT2D eigenvalue weighted by Crippen LogP contribution is -2.22. The molecule has 0 radical (unpaired) electrons. The van der Waals surface area contributed by atoms with Crippen molar-refractivity contribution in [1.82, 2.24) is 34.7 Å².